The highest BCUT2D eigenvalue weighted by Gasteiger charge is 2.23. The van der Waals surface area contributed by atoms with Gasteiger partial charge in [0.05, 0.1) is 16.9 Å². The van der Waals surface area contributed by atoms with Gasteiger partial charge in [-0.2, -0.15) is 0 Å². The van der Waals surface area contributed by atoms with Gasteiger partial charge in [0.1, 0.15) is 5.76 Å². The summed E-state index contributed by atoms with van der Waals surface area (Å²) in [6, 6.07) is 10.7. The molecular weight excluding hydrogens is 338 g/mol. The molecule has 1 aliphatic heterocycles. The second-order valence-electron chi connectivity index (χ2n) is 5.11. The average Bonchev–Trinajstić information content (AvgIpc) is 3.19. The van der Waals surface area contributed by atoms with Crippen molar-refractivity contribution in [2.75, 3.05) is 5.32 Å². The van der Waals surface area contributed by atoms with Crippen molar-refractivity contribution < 1.29 is 14.0 Å². The number of furan rings is 1. The first-order chi connectivity index (χ1) is 12.1. The van der Waals surface area contributed by atoms with Crippen LogP contribution in [-0.2, 0) is 9.59 Å². The van der Waals surface area contributed by atoms with Gasteiger partial charge < -0.3 is 15.1 Å². The molecular formula is C18H15N3O3S. The number of nitrogens with one attached hydrogen (secondary N) is 2. The molecule has 3 rings (SSSR count). The molecule has 0 unspecified atom stereocenters. The van der Waals surface area contributed by atoms with Crippen LogP contribution >= 0.6 is 11.8 Å². The predicted molar refractivity (Wildman–Crippen MR) is 99.4 cm³/mol. The van der Waals surface area contributed by atoms with E-state index >= 15 is 0 Å². The van der Waals surface area contributed by atoms with Gasteiger partial charge in [-0.3, -0.25) is 9.59 Å². The Morgan fingerprint density at radius 1 is 1.28 bits per heavy atom. The van der Waals surface area contributed by atoms with Gasteiger partial charge in [0.2, 0.25) is 5.91 Å². The second kappa shape index (κ2) is 7.67. The maximum Gasteiger partial charge on any atom is 0.264 e. The quantitative estimate of drug-likeness (QED) is 0.821. The van der Waals surface area contributed by atoms with E-state index in [1.807, 2.05) is 6.07 Å². The minimum atomic E-state index is -0.192. The van der Waals surface area contributed by atoms with E-state index in [1.165, 1.54) is 18.7 Å². The second-order valence-corrected chi connectivity index (χ2v) is 6.14. The first-order valence-electron chi connectivity index (χ1n) is 7.47. The molecule has 2 aromatic rings. The fraction of sp³-hybridized carbons (Fsp3) is 0.0556. The number of benzene rings is 1. The van der Waals surface area contributed by atoms with E-state index in [-0.39, 0.29) is 11.8 Å². The van der Waals surface area contributed by atoms with Gasteiger partial charge in [-0.25, -0.2) is 4.99 Å². The first kappa shape index (κ1) is 16.8. The third kappa shape index (κ3) is 4.71. The summed E-state index contributed by atoms with van der Waals surface area (Å²) in [6.07, 6.45) is 6.83. The van der Waals surface area contributed by atoms with Crippen LogP contribution in [0, 0.1) is 0 Å². The minimum Gasteiger partial charge on any atom is -0.465 e. The van der Waals surface area contributed by atoms with Crippen LogP contribution in [0.3, 0.4) is 0 Å². The molecule has 1 saturated heterocycles. The van der Waals surface area contributed by atoms with Crippen molar-refractivity contribution >= 4 is 46.2 Å². The van der Waals surface area contributed by atoms with Crippen molar-refractivity contribution in [3.05, 3.63) is 65.5 Å². The number of aliphatic imine (C=N–C) groups is 1. The van der Waals surface area contributed by atoms with E-state index in [2.05, 4.69) is 15.6 Å². The standard InChI is InChI=1S/C18H15N3O3S/c1-12(22)19-13-7-9-14(10-8-13)20-18-21-17(23)16(25-18)6-2-4-15-5-3-11-24-15/h2-11H,1H3,(H,19,22)(H,20,21,23). The lowest BCUT2D eigenvalue weighted by molar-refractivity contribution is -0.115. The van der Waals surface area contributed by atoms with Crippen molar-refractivity contribution in [1.29, 1.82) is 0 Å². The topological polar surface area (TPSA) is 83.7 Å². The highest BCUT2D eigenvalue weighted by molar-refractivity contribution is 8.18. The third-order valence-electron chi connectivity index (χ3n) is 3.12. The lowest BCUT2D eigenvalue weighted by Crippen LogP contribution is -2.19. The number of nitrogens with zero attached hydrogens (tertiary/aromatic N) is 1. The number of amidine groups is 1. The van der Waals surface area contributed by atoms with Gasteiger partial charge in [0.15, 0.2) is 5.17 Å². The summed E-state index contributed by atoms with van der Waals surface area (Å²) in [6.45, 7) is 1.45. The first-order valence-corrected chi connectivity index (χ1v) is 8.29. The Balaban J connectivity index is 1.67. The lowest BCUT2D eigenvalue weighted by atomic mass is 10.3. The summed E-state index contributed by atoms with van der Waals surface area (Å²) in [5.74, 6) is 0.395. The highest BCUT2D eigenvalue weighted by Crippen LogP contribution is 2.26. The van der Waals surface area contributed by atoms with Crippen molar-refractivity contribution in [2.24, 2.45) is 4.99 Å². The zero-order chi connectivity index (χ0) is 17.6. The highest BCUT2D eigenvalue weighted by atomic mass is 32.2. The average molecular weight is 353 g/mol. The summed E-state index contributed by atoms with van der Waals surface area (Å²) in [4.78, 5) is 27.9. The largest absolute Gasteiger partial charge is 0.465 e. The Kier molecular flexibility index (Phi) is 5.15. The Bertz CT molecular complexity index is 865. The van der Waals surface area contributed by atoms with Crippen LogP contribution in [0.5, 0.6) is 0 Å². The SMILES string of the molecule is CC(=O)Nc1ccc(N=C2NC(=O)C(=CC=Cc3ccco3)S2)cc1. The molecule has 1 aliphatic rings. The minimum absolute atomic E-state index is 0.130. The lowest BCUT2D eigenvalue weighted by Gasteiger charge is -2.02. The molecule has 7 heteroatoms. The van der Waals surface area contributed by atoms with Crippen molar-refractivity contribution in [3.63, 3.8) is 0 Å². The number of carbonyl (C=O) groups excluding carboxylic acids is 2. The number of hydrogen-bond donors (Lipinski definition) is 2. The summed E-state index contributed by atoms with van der Waals surface area (Å²) in [7, 11) is 0. The molecule has 1 fully saturated rings. The van der Waals surface area contributed by atoms with E-state index in [4.69, 9.17) is 4.42 Å². The Labute approximate surface area is 148 Å². The number of anilines is 1. The predicted octanol–water partition coefficient (Wildman–Crippen LogP) is 3.69. The van der Waals surface area contributed by atoms with Crippen LogP contribution < -0.4 is 10.6 Å². The van der Waals surface area contributed by atoms with Crippen LogP contribution in [0.15, 0.2) is 69.1 Å². The van der Waals surface area contributed by atoms with Crippen molar-refractivity contribution in [2.45, 2.75) is 6.92 Å². The van der Waals surface area contributed by atoms with Crippen LogP contribution in [0.4, 0.5) is 11.4 Å². The molecule has 0 aliphatic carbocycles. The van der Waals surface area contributed by atoms with Crippen LogP contribution in [0.25, 0.3) is 6.08 Å². The number of thioether (sulfide) groups is 1. The third-order valence-corrected chi connectivity index (χ3v) is 4.05. The Morgan fingerprint density at radius 3 is 2.76 bits per heavy atom. The molecule has 0 bridgehead atoms. The number of amides is 2. The number of allylic oxidation sites excluding steroid dienone is 2. The normalized spacial score (nSPS) is 17.4. The van der Waals surface area contributed by atoms with Crippen molar-refractivity contribution in [3.8, 4) is 0 Å². The smallest absolute Gasteiger partial charge is 0.264 e. The zero-order valence-corrected chi connectivity index (χ0v) is 14.2. The Hall–Kier alpha value is -3.06. The molecule has 2 N–H and O–H groups in total. The van der Waals surface area contributed by atoms with Gasteiger partial charge in [-0.1, -0.05) is 6.08 Å². The molecule has 0 saturated carbocycles. The van der Waals surface area contributed by atoms with Crippen LogP contribution in [0.2, 0.25) is 0 Å². The molecule has 1 aromatic carbocycles. The molecule has 2 heterocycles. The van der Waals surface area contributed by atoms with Crippen LogP contribution in [-0.4, -0.2) is 17.0 Å². The van der Waals surface area contributed by atoms with Gasteiger partial charge in [0, 0.05) is 12.6 Å². The molecule has 0 radical (unpaired) electrons. The van der Waals surface area contributed by atoms with Gasteiger partial charge in [-0.05, 0) is 60.3 Å². The fourth-order valence-corrected chi connectivity index (χ4v) is 2.84. The summed E-state index contributed by atoms with van der Waals surface area (Å²) < 4.78 is 5.19. The van der Waals surface area contributed by atoms with E-state index in [0.717, 1.165) is 0 Å². The van der Waals surface area contributed by atoms with Gasteiger partial charge in [-0.15, -0.1) is 0 Å². The number of carbonyl (C=O) groups is 2. The molecule has 0 spiro atoms. The summed E-state index contributed by atoms with van der Waals surface area (Å²) in [5.41, 5.74) is 1.38. The van der Waals surface area contributed by atoms with E-state index < -0.39 is 0 Å². The molecule has 2 amide bonds. The van der Waals surface area contributed by atoms with Crippen molar-refractivity contribution in [1.82, 2.24) is 5.32 Å². The summed E-state index contributed by atoms with van der Waals surface area (Å²) >= 11 is 1.26. The molecule has 126 valence electrons. The van der Waals surface area contributed by atoms with E-state index in [9.17, 15) is 9.59 Å². The number of hydrogen-bond acceptors (Lipinski definition) is 5. The maximum atomic E-state index is 12.0. The molecule has 0 atom stereocenters. The fourth-order valence-electron chi connectivity index (χ4n) is 2.05. The monoisotopic (exact) mass is 353 g/mol. The van der Waals surface area contributed by atoms with E-state index in [1.54, 1.807) is 54.8 Å². The van der Waals surface area contributed by atoms with E-state index in [0.29, 0.717) is 27.2 Å². The maximum absolute atomic E-state index is 12.0. The van der Waals surface area contributed by atoms with Crippen LogP contribution in [0.1, 0.15) is 12.7 Å². The zero-order valence-electron chi connectivity index (χ0n) is 13.4. The summed E-state index contributed by atoms with van der Waals surface area (Å²) in [5, 5.41) is 5.92. The molecule has 1 aromatic heterocycles. The molecule has 25 heavy (non-hydrogen) atoms. The van der Waals surface area contributed by atoms with Gasteiger partial charge >= 0.3 is 0 Å². The molecule has 6 nitrogen and oxygen atoms in total. The Morgan fingerprint density at radius 2 is 2.08 bits per heavy atom. The number of rotatable bonds is 4. The van der Waals surface area contributed by atoms with Gasteiger partial charge in [0.25, 0.3) is 5.91 Å².